The Kier molecular flexibility index (Phi) is 6.29. The summed E-state index contributed by atoms with van der Waals surface area (Å²) in [5.74, 6) is 0.943. The van der Waals surface area contributed by atoms with Gasteiger partial charge in [0.05, 0.1) is 11.1 Å². The van der Waals surface area contributed by atoms with E-state index in [1.165, 1.54) is 27.8 Å². The lowest BCUT2D eigenvalue weighted by molar-refractivity contribution is -0.125. The third-order valence-electron chi connectivity index (χ3n) is 5.67. The fourth-order valence-corrected chi connectivity index (χ4v) is 6.28. The second kappa shape index (κ2) is 8.94. The number of fused-ring (bicyclic) bond motifs is 3. The summed E-state index contributed by atoms with van der Waals surface area (Å²) in [4.78, 5) is 34.3. The first-order valence-corrected chi connectivity index (χ1v) is 12.2. The molecule has 30 heavy (non-hydrogen) atoms. The summed E-state index contributed by atoms with van der Waals surface area (Å²) in [5.41, 5.74) is 2.44. The Hall–Kier alpha value is -2.12. The maximum Gasteiger partial charge on any atom is 0.263 e. The number of amides is 1. The molecule has 1 aromatic carbocycles. The highest BCUT2D eigenvalue weighted by molar-refractivity contribution is 7.99. The average molecular weight is 442 g/mol. The summed E-state index contributed by atoms with van der Waals surface area (Å²) in [7, 11) is 3.49. The number of aryl methyl sites for hydroxylation is 2. The number of hydrogen-bond donors (Lipinski definition) is 0. The molecule has 0 N–H and O–H groups in total. The number of nitrogens with zero attached hydrogens (tertiary/aromatic N) is 3. The minimum absolute atomic E-state index is 0.0169. The van der Waals surface area contributed by atoms with E-state index in [9.17, 15) is 9.59 Å². The second-order valence-electron chi connectivity index (χ2n) is 8.20. The van der Waals surface area contributed by atoms with Crippen LogP contribution in [0.15, 0.2) is 40.3 Å². The van der Waals surface area contributed by atoms with E-state index in [-0.39, 0.29) is 17.2 Å². The lowest BCUT2D eigenvalue weighted by atomic mass is 9.89. The standard InChI is InChI=1S/C23H27N3O2S2/c1-15-9-10-17-18(13-15)30-21-20(17)22(28)26(12-11-16-7-5-4-6-8-16)23(24-21)29-14-19(27)25(2)3/h4-8,15H,9-14H2,1-3H3. The molecule has 0 spiro atoms. The predicted octanol–water partition coefficient (Wildman–Crippen LogP) is 4.01. The van der Waals surface area contributed by atoms with Crippen molar-refractivity contribution in [2.24, 2.45) is 5.92 Å². The van der Waals surface area contributed by atoms with Gasteiger partial charge in [-0.3, -0.25) is 14.2 Å². The van der Waals surface area contributed by atoms with Crippen LogP contribution in [0.25, 0.3) is 10.2 Å². The van der Waals surface area contributed by atoms with Gasteiger partial charge in [0.2, 0.25) is 5.91 Å². The molecule has 4 rings (SSSR count). The molecule has 0 saturated carbocycles. The quantitative estimate of drug-likeness (QED) is 0.428. The molecule has 1 atom stereocenters. The fourth-order valence-electron chi connectivity index (χ4n) is 3.85. The van der Waals surface area contributed by atoms with Crippen molar-refractivity contribution in [1.82, 2.24) is 14.5 Å². The van der Waals surface area contributed by atoms with Gasteiger partial charge < -0.3 is 4.90 Å². The largest absolute Gasteiger partial charge is 0.348 e. The SMILES string of the molecule is CC1CCc2c(sc3nc(SCC(=O)N(C)C)n(CCc4ccccc4)c(=O)c23)C1. The van der Waals surface area contributed by atoms with Gasteiger partial charge in [0, 0.05) is 25.5 Å². The van der Waals surface area contributed by atoms with Crippen LogP contribution in [0, 0.1) is 5.92 Å². The van der Waals surface area contributed by atoms with Crippen LogP contribution in [0.1, 0.15) is 29.3 Å². The first kappa shape index (κ1) is 21.1. The fraction of sp³-hybridized carbons (Fsp3) is 0.435. The van der Waals surface area contributed by atoms with Crippen molar-refractivity contribution in [1.29, 1.82) is 0 Å². The Morgan fingerprint density at radius 2 is 2.07 bits per heavy atom. The third kappa shape index (κ3) is 4.32. The minimum atomic E-state index is 0.0169. The van der Waals surface area contributed by atoms with Crippen molar-refractivity contribution in [2.75, 3.05) is 19.8 Å². The Morgan fingerprint density at radius 3 is 2.80 bits per heavy atom. The second-order valence-corrected chi connectivity index (χ2v) is 10.2. The van der Waals surface area contributed by atoms with Crippen molar-refractivity contribution in [3.63, 3.8) is 0 Å². The molecule has 1 aliphatic carbocycles. The zero-order chi connectivity index (χ0) is 21.3. The Balaban J connectivity index is 1.74. The molecule has 5 nitrogen and oxygen atoms in total. The van der Waals surface area contributed by atoms with Crippen LogP contribution in [0.5, 0.6) is 0 Å². The van der Waals surface area contributed by atoms with Gasteiger partial charge in [0.25, 0.3) is 5.56 Å². The molecule has 1 unspecified atom stereocenters. The summed E-state index contributed by atoms with van der Waals surface area (Å²) >= 11 is 3.02. The predicted molar refractivity (Wildman–Crippen MR) is 125 cm³/mol. The number of rotatable bonds is 6. The van der Waals surface area contributed by atoms with Gasteiger partial charge in [-0.1, -0.05) is 49.0 Å². The molecule has 3 aromatic rings. The van der Waals surface area contributed by atoms with Gasteiger partial charge in [0.15, 0.2) is 5.16 Å². The molecule has 2 heterocycles. The van der Waals surface area contributed by atoms with Crippen molar-refractivity contribution < 1.29 is 4.79 Å². The first-order valence-electron chi connectivity index (χ1n) is 10.4. The van der Waals surface area contributed by atoms with Crippen LogP contribution in [-0.2, 0) is 30.6 Å². The average Bonchev–Trinajstić information content (AvgIpc) is 3.09. The van der Waals surface area contributed by atoms with Gasteiger partial charge in [-0.05, 0) is 42.7 Å². The van der Waals surface area contributed by atoms with E-state index < -0.39 is 0 Å². The van der Waals surface area contributed by atoms with Gasteiger partial charge >= 0.3 is 0 Å². The summed E-state index contributed by atoms with van der Waals surface area (Å²) < 4.78 is 1.79. The van der Waals surface area contributed by atoms with Gasteiger partial charge in [-0.25, -0.2) is 4.98 Å². The van der Waals surface area contributed by atoms with Crippen molar-refractivity contribution in [2.45, 2.75) is 44.3 Å². The molecule has 0 radical (unpaired) electrons. The topological polar surface area (TPSA) is 55.2 Å². The molecule has 158 valence electrons. The molecule has 7 heteroatoms. The molecule has 0 fully saturated rings. The maximum absolute atomic E-state index is 13.6. The van der Waals surface area contributed by atoms with Crippen LogP contribution in [0.3, 0.4) is 0 Å². The smallest absolute Gasteiger partial charge is 0.263 e. The minimum Gasteiger partial charge on any atom is -0.348 e. The zero-order valence-corrected chi connectivity index (χ0v) is 19.3. The maximum atomic E-state index is 13.6. The van der Waals surface area contributed by atoms with Crippen LogP contribution in [-0.4, -0.2) is 40.2 Å². The molecular weight excluding hydrogens is 414 g/mol. The molecule has 0 aliphatic heterocycles. The van der Waals surface area contributed by atoms with E-state index in [1.807, 2.05) is 18.2 Å². The Labute approximate surface area is 185 Å². The summed E-state index contributed by atoms with van der Waals surface area (Å²) in [6, 6.07) is 10.2. The lowest BCUT2D eigenvalue weighted by Crippen LogP contribution is -2.27. The molecular formula is C23H27N3O2S2. The van der Waals surface area contributed by atoms with E-state index in [1.54, 1.807) is 34.9 Å². The molecule has 0 bridgehead atoms. The molecule has 1 amide bonds. The highest BCUT2D eigenvalue weighted by atomic mass is 32.2. The van der Waals surface area contributed by atoms with Crippen molar-refractivity contribution in [3.8, 4) is 0 Å². The van der Waals surface area contributed by atoms with Crippen LogP contribution < -0.4 is 5.56 Å². The number of aromatic nitrogens is 2. The zero-order valence-electron chi connectivity index (χ0n) is 17.7. The summed E-state index contributed by atoms with van der Waals surface area (Å²) in [6.07, 6.45) is 3.86. The molecule has 1 aliphatic rings. The van der Waals surface area contributed by atoms with Gasteiger partial charge in [0.1, 0.15) is 4.83 Å². The molecule has 0 saturated heterocycles. The van der Waals surface area contributed by atoms with Gasteiger partial charge in [-0.2, -0.15) is 0 Å². The number of carbonyl (C=O) groups is 1. The Morgan fingerprint density at radius 1 is 1.30 bits per heavy atom. The van der Waals surface area contributed by atoms with Crippen LogP contribution >= 0.6 is 23.1 Å². The first-order chi connectivity index (χ1) is 14.4. The number of thiophene rings is 1. The van der Waals surface area contributed by atoms with E-state index in [0.29, 0.717) is 17.6 Å². The van der Waals surface area contributed by atoms with Crippen LogP contribution in [0.4, 0.5) is 0 Å². The third-order valence-corrected chi connectivity index (χ3v) is 7.78. The van der Waals surface area contributed by atoms with Gasteiger partial charge in [-0.15, -0.1) is 11.3 Å². The Bertz CT molecular complexity index is 1120. The monoisotopic (exact) mass is 441 g/mol. The van der Waals surface area contributed by atoms with E-state index in [0.717, 1.165) is 35.9 Å². The molecule has 2 aromatic heterocycles. The number of carbonyl (C=O) groups excluding carboxylic acids is 1. The number of thioether (sulfide) groups is 1. The highest BCUT2D eigenvalue weighted by Crippen LogP contribution is 2.36. The summed E-state index contributed by atoms with van der Waals surface area (Å²) in [5, 5.41) is 1.45. The van der Waals surface area contributed by atoms with E-state index >= 15 is 0 Å². The van der Waals surface area contributed by atoms with E-state index in [2.05, 4.69) is 19.1 Å². The van der Waals surface area contributed by atoms with Crippen molar-refractivity contribution in [3.05, 3.63) is 56.7 Å². The lowest BCUT2D eigenvalue weighted by Gasteiger charge is -2.18. The van der Waals surface area contributed by atoms with Crippen LogP contribution in [0.2, 0.25) is 0 Å². The normalized spacial score (nSPS) is 15.9. The number of benzene rings is 1. The number of hydrogen-bond acceptors (Lipinski definition) is 5. The summed E-state index contributed by atoms with van der Waals surface area (Å²) in [6.45, 7) is 2.83. The van der Waals surface area contributed by atoms with E-state index in [4.69, 9.17) is 4.98 Å². The highest BCUT2D eigenvalue weighted by Gasteiger charge is 2.25. The van der Waals surface area contributed by atoms with Crippen molar-refractivity contribution >= 4 is 39.2 Å².